The van der Waals surface area contributed by atoms with Gasteiger partial charge in [-0.05, 0) is 17.7 Å². The molecule has 0 aromatic heterocycles. The van der Waals surface area contributed by atoms with Crippen LogP contribution in [0.3, 0.4) is 0 Å². The number of alkyl halides is 3. The topological polar surface area (TPSA) is 52.6 Å². The lowest BCUT2D eigenvalue weighted by molar-refractivity contribution is -0.137. The molecule has 0 radical (unpaired) electrons. The Morgan fingerprint density at radius 3 is 2.32 bits per heavy atom. The van der Waals surface area contributed by atoms with E-state index in [-0.39, 0.29) is 5.56 Å². The van der Waals surface area contributed by atoms with Gasteiger partial charge >= 0.3 is 6.18 Å². The number of benzene rings is 1. The van der Waals surface area contributed by atoms with Crippen LogP contribution in [-0.4, -0.2) is 28.3 Å². The summed E-state index contributed by atoms with van der Waals surface area (Å²) >= 11 is 0. The fourth-order valence-electron chi connectivity index (χ4n) is 1.35. The van der Waals surface area contributed by atoms with E-state index < -0.39 is 41.6 Å². The zero-order chi connectivity index (χ0) is 17.2. The first kappa shape index (κ1) is 11.7. The molecule has 0 aliphatic heterocycles. The van der Waals surface area contributed by atoms with Gasteiger partial charge in [-0.25, -0.2) is 0 Å². The summed E-state index contributed by atoms with van der Waals surface area (Å²) in [6.07, 6.45) is -5.17. The molecule has 19 heavy (non-hydrogen) atoms. The van der Waals surface area contributed by atoms with E-state index in [1.807, 2.05) is 0 Å². The molecule has 1 aromatic carbocycles. The summed E-state index contributed by atoms with van der Waals surface area (Å²) in [5, 5.41) is 0. The molecular formula is C11H13F3O4S. The largest absolute Gasteiger partial charge is 0.416 e. The van der Waals surface area contributed by atoms with E-state index in [2.05, 4.69) is 8.92 Å². The Morgan fingerprint density at radius 2 is 1.89 bits per heavy atom. The van der Waals surface area contributed by atoms with Crippen molar-refractivity contribution in [2.24, 2.45) is 0 Å². The second kappa shape index (κ2) is 5.89. The monoisotopic (exact) mass is 301 g/mol. The summed E-state index contributed by atoms with van der Waals surface area (Å²) in [6, 6.07) is 3.48. The number of hydrogen-bond donors (Lipinski definition) is 0. The Kier molecular flexibility index (Phi) is 3.62. The maximum Gasteiger partial charge on any atom is 0.416 e. The number of methoxy groups -OCH3 is 1. The minimum absolute atomic E-state index is 0.0441. The molecule has 8 heteroatoms. The van der Waals surface area contributed by atoms with Crippen LogP contribution in [0.4, 0.5) is 13.2 Å². The third kappa shape index (κ3) is 5.17. The molecule has 0 fully saturated rings. The maximum absolute atomic E-state index is 12.5. The van der Waals surface area contributed by atoms with Crippen molar-refractivity contribution in [1.29, 1.82) is 0 Å². The Hall–Kier alpha value is -1.12. The molecule has 0 amide bonds. The van der Waals surface area contributed by atoms with Crippen molar-refractivity contribution >= 4 is 10.1 Å². The van der Waals surface area contributed by atoms with E-state index in [0.29, 0.717) is 0 Å². The van der Waals surface area contributed by atoms with Crippen molar-refractivity contribution in [2.45, 2.75) is 12.3 Å². The predicted octanol–water partition coefficient (Wildman–Crippen LogP) is 2.37. The molecular weight excluding hydrogens is 285 g/mol. The number of rotatable bonds is 5. The van der Waals surface area contributed by atoms with Crippen molar-refractivity contribution in [2.75, 3.05) is 19.9 Å². The molecule has 108 valence electrons. The molecule has 1 aromatic rings. The molecule has 0 unspecified atom stereocenters. The van der Waals surface area contributed by atoms with E-state index in [4.69, 9.17) is 4.11 Å². The van der Waals surface area contributed by atoms with E-state index >= 15 is 0 Å². The van der Waals surface area contributed by atoms with E-state index in [1.165, 1.54) is 0 Å². The molecule has 4 nitrogen and oxygen atoms in total. The molecule has 0 N–H and O–H groups in total. The molecule has 0 spiro atoms. The van der Waals surface area contributed by atoms with Gasteiger partial charge in [0.25, 0.3) is 10.1 Å². The van der Waals surface area contributed by atoms with Crippen LogP contribution < -0.4 is 0 Å². The van der Waals surface area contributed by atoms with Crippen LogP contribution in [0.15, 0.2) is 24.3 Å². The Morgan fingerprint density at radius 1 is 1.32 bits per heavy atom. The highest BCUT2D eigenvalue weighted by Gasteiger charge is 2.30. The van der Waals surface area contributed by atoms with Crippen molar-refractivity contribution < 1.29 is 34.6 Å². The smallest absolute Gasteiger partial charge is 0.382 e. The summed E-state index contributed by atoms with van der Waals surface area (Å²) in [7, 11) is -6.75. The molecule has 0 saturated heterocycles. The first-order valence-electron chi connectivity index (χ1n) is 6.47. The van der Waals surface area contributed by atoms with Gasteiger partial charge in [-0.15, -0.1) is 0 Å². The van der Waals surface area contributed by atoms with Gasteiger partial charge in [0, 0.05) is 7.04 Å². The SMILES string of the molecule is [2H]C([2H])([2H])OC[C@@H](OS(C)(=O)=O)c1ccc(C(F)(F)F)cc1. The van der Waals surface area contributed by atoms with Crippen molar-refractivity contribution in [3.05, 3.63) is 35.4 Å². The highest BCUT2D eigenvalue weighted by atomic mass is 32.2. The summed E-state index contributed by atoms with van der Waals surface area (Å²) in [5.74, 6) is 0. The quantitative estimate of drug-likeness (QED) is 0.784. The van der Waals surface area contributed by atoms with E-state index in [0.717, 1.165) is 30.5 Å². The Balaban J connectivity index is 3.00. The lowest BCUT2D eigenvalue weighted by atomic mass is 10.1. The third-order valence-electron chi connectivity index (χ3n) is 2.14. The standard InChI is InChI=1S/C11H13F3O4S/c1-17-7-10(18-19(2,15)16)8-3-5-9(6-4-8)11(12,13)14/h3-6,10H,7H2,1-2H3/t10-/m1/s1/i1D3. The van der Waals surface area contributed by atoms with Gasteiger partial charge in [-0.3, -0.25) is 4.18 Å². The fraction of sp³-hybridized carbons (Fsp3) is 0.455. The second-order valence-corrected chi connectivity index (χ2v) is 5.32. The molecule has 0 bridgehead atoms. The zero-order valence-electron chi connectivity index (χ0n) is 12.8. The van der Waals surface area contributed by atoms with Gasteiger partial charge in [0.2, 0.25) is 0 Å². The van der Waals surface area contributed by atoms with Gasteiger partial charge in [0.05, 0.1) is 22.5 Å². The Bertz CT molecular complexity index is 596. The van der Waals surface area contributed by atoms with Crippen LogP contribution >= 0.6 is 0 Å². The highest BCUT2D eigenvalue weighted by molar-refractivity contribution is 7.86. The zero-order valence-corrected chi connectivity index (χ0v) is 10.6. The predicted molar refractivity (Wildman–Crippen MR) is 62.0 cm³/mol. The highest BCUT2D eigenvalue weighted by Crippen LogP contribution is 2.30. The van der Waals surface area contributed by atoms with Crippen LogP contribution in [-0.2, 0) is 25.2 Å². The fourth-order valence-corrected chi connectivity index (χ4v) is 1.94. The van der Waals surface area contributed by atoms with Gasteiger partial charge in [0.1, 0.15) is 6.10 Å². The first-order valence-corrected chi connectivity index (χ1v) is 6.79. The molecule has 0 aliphatic carbocycles. The Labute approximate surface area is 113 Å². The molecule has 1 atom stereocenters. The average molecular weight is 301 g/mol. The van der Waals surface area contributed by atoms with Gasteiger partial charge in [-0.1, -0.05) is 12.1 Å². The van der Waals surface area contributed by atoms with E-state index in [9.17, 15) is 21.6 Å². The number of halogens is 3. The minimum atomic E-state index is -4.54. The van der Waals surface area contributed by atoms with Gasteiger partial charge < -0.3 is 4.74 Å². The van der Waals surface area contributed by atoms with Crippen molar-refractivity contribution in [3.63, 3.8) is 0 Å². The summed E-state index contributed by atoms with van der Waals surface area (Å²) in [5.41, 5.74) is -0.881. The normalized spacial score (nSPS) is 17.4. The third-order valence-corrected chi connectivity index (χ3v) is 2.72. The first-order chi connectivity index (χ1) is 9.78. The van der Waals surface area contributed by atoms with Crippen molar-refractivity contribution in [1.82, 2.24) is 0 Å². The van der Waals surface area contributed by atoms with Gasteiger partial charge in [-0.2, -0.15) is 21.6 Å². The van der Waals surface area contributed by atoms with Gasteiger partial charge in [0.15, 0.2) is 0 Å². The lowest BCUT2D eigenvalue weighted by Gasteiger charge is -2.16. The second-order valence-electron chi connectivity index (χ2n) is 3.72. The summed E-state index contributed by atoms with van der Waals surface area (Å²) < 4.78 is 89.6. The van der Waals surface area contributed by atoms with Crippen LogP contribution in [0.1, 0.15) is 21.3 Å². The number of hydrogen-bond acceptors (Lipinski definition) is 4. The molecule has 1 rings (SSSR count). The summed E-state index contributed by atoms with van der Waals surface area (Å²) in [4.78, 5) is 0. The molecule has 0 saturated carbocycles. The average Bonchev–Trinajstić information content (AvgIpc) is 2.31. The molecule has 0 heterocycles. The summed E-state index contributed by atoms with van der Waals surface area (Å²) in [6.45, 7) is -0.658. The van der Waals surface area contributed by atoms with Crippen LogP contribution in [0.25, 0.3) is 0 Å². The van der Waals surface area contributed by atoms with Crippen molar-refractivity contribution in [3.8, 4) is 0 Å². The number of ether oxygens (including phenoxy) is 1. The maximum atomic E-state index is 12.5. The van der Waals surface area contributed by atoms with Crippen LogP contribution in [0, 0.1) is 0 Å². The van der Waals surface area contributed by atoms with E-state index in [1.54, 1.807) is 0 Å². The van der Waals surface area contributed by atoms with Crippen LogP contribution in [0.2, 0.25) is 0 Å². The molecule has 0 aliphatic rings. The lowest BCUT2D eigenvalue weighted by Crippen LogP contribution is -2.15. The minimum Gasteiger partial charge on any atom is -0.382 e. The van der Waals surface area contributed by atoms with Crippen LogP contribution in [0.5, 0.6) is 0 Å².